The molecule has 0 amide bonds. The second kappa shape index (κ2) is 6.02. The van der Waals surface area contributed by atoms with Crippen molar-refractivity contribution in [3.8, 4) is 11.5 Å². The number of imidazole rings is 1. The molecule has 1 unspecified atom stereocenters. The molecule has 4 rings (SSSR count). The third-order valence-corrected chi connectivity index (χ3v) is 4.20. The molecule has 3 aromatic rings. The van der Waals surface area contributed by atoms with Crippen molar-refractivity contribution in [1.82, 2.24) is 24.9 Å². The SMILES string of the molecule is Cn1ccnc1C1CNCCN1Cc1cc(-c2ccco2)on1. The van der Waals surface area contributed by atoms with Crippen LogP contribution in [0.15, 0.2) is 45.8 Å². The molecule has 1 aliphatic heterocycles. The topological polar surface area (TPSA) is 72.3 Å². The Morgan fingerprint density at radius 1 is 1.39 bits per heavy atom. The number of nitrogens with one attached hydrogen (secondary N) is 1. The number of aryl methyl sites for hydroxylation is 1. The predicted molar refractivity (Wildman–Crippen MR) is 83.4 cm³/mol. The van der Waals surface area contributed by atoms with Gasteiger partial charge in [0.1, 0.15) is 5.82 Å². The predicted octanol–water partition coefficient (Wildman–Crippen LogP) is 1.81. The van der Waals surface area contributed by atoms with E-state index in [1.807, 2.05) is 37.6 Å². The van der Waals surface area contributed by atoms with Crippen LogP contribution in [-0.2, 0) is 13.6 Å². The van der Waals surface area contributed by atoms with Crippen molar-refractivity contribution in [2.45, 2.75) is 12.6 Å². The minimum atomic E-state index is 0.229. The first kappa shape index (κ1) is 14.2. The minimum Gasteiger partial charge on any atom is -0.461 e. The first-order valence-corrected chi connectivity index (χ1v) is 7.73. The zero-order chi connectivity index (χ0) is 15.6. The number of furan rings is 1. The van der Waals surface area contributed by atoms with Crippen molar-refractivity contribution < 1.29 is 8.94 Å². The average molecular weight is 313 g/mol. The van der Waals surface area contributed by atoms with Crippen LogP contribution in [0.25, 0.3) is 11.5 Å². The van der Waals surface area contributed by atoms with Gasteiger partial charge in [-0.15, -0.1) is 0 Å². The monoisotopic (exact) mass is 313 g/mol. The molecule has 23 heavy (non-hydrogen) atoms. The maximum atomic E-state index is 5.39. The van der Waals surface area contributed by atoms with E-state index in [1.54, 1.807) is 6.26 Å². The molecule has 1 saturated heterocycles. The second-order valence-corrected chi connectivity index (χ2v) is 5.75. The zero-order valence-electron chi connectivity index (χ0n) is 13.0. The van der Waals surface area contributed by atoms with E-state index in [0.717, 1.165) is 37.7 Å². The minimum absolute atomic E-state index is 0.229. The summed E-state index contributed by atoms with van der Waals surface area (Å²) in [5, 5.41) is 7.62. The Labute approximate surface area is 133 Å². The molecule has 120 valence electrons. The van der Waals surface area contributed by atoms with E-state index < -0.39 is 0 Å². The van der Waals surface area contributed by atoms with Gasteiger partial charge in [-0.3, -0.25) is 4.90 Å². The van der Waals surface area contributed by atoms with E-state index >= 15 is 0 Å². The van der Waals surface area contributed by atoms with Gasteiger partial charge in [-0.25, -0.2) is 4.98 Å². The lowest BCUT2D eigenvalue weighted by Crippen LogP contribution is -2.46. The van der Waals surface area contributed by atoms with Gasteiger partial charge in [0.2, 0.25) is 5.76 Å². The van der Waals surface area contributed by atoms with Gasteiger partial charge in [0.25, 0.3) is 0 Å². The lowest BCUT2D eigenvalue weighted by Gasteiger charge is -2.35. The maximum Gasteiger partial charge on any atom is 0.202 e. The Morgan fingerprint density at radius 3 is 3.13 bits per heavy atom. The fraction of sp³-hybridized carbons (Fsp3) is 0.375. The van der Waals surface area contributed by atoms with Crippen molar-refractivity contribution in [3.63, 3.8) is 0 Å². The van der Waals surface area contributed by atoms with E-state index in [9.17, 15) is 0 Å². The Morgan fingerprint density at radius 2 is 2.35 bits per heavy atom. The molecule has 1 N–H and O–H groups in total. The molecule has 7 nitrogen and oxygen atoms in total. The van der Waals surface area contributed by atoms with Gasteiger partial charge in [0.15, 0.2) is 5.76 Å². The van der Waals surface area contributed by atoms with Crippen molar-refractivity contribution in [3.05, 3.63) is 48.4 Å². The normalized spacial score (nSPS) is 19.3. The summed E-state index contributed by atoms with van der Waals surface area (Å²) in [4.78, 5) is 6.88. The summed E-state index contributed by atoms with van der Waals surface area (Å²) in [6, 6.07) is 5.88. The molecule has 0 radical (unpaired) electrons. The van der Waals surface area contributed by atoms with Gasteiger partial charge in [0.05, 0.1) is 18.0 Å². The van der Waals surface area contributed by atoms with Crippen molar-refractivity contribution in [1.29, 1.82) is 0 Å². The summed E-state index contributed by atoms with van der Waals surface area (Å²) < 4.78 is 12.8. The van der Waals surface area contributed by atoms with Crippen LogP contribution < -0.4 is 5.32 Å². The summed E-state index contributed by atoms with van der Waals surface area (Å²) in [6.45, 7) is 3.52. The quantitative estimate of drug-likeness (QED) is 0.792. The largest absolute Gasteiger partial charge is 0.461 e. The van der Waals surface area contributed by atoms with E-state index in [1.165, 1.54) is 0 Å². The lowest BCUT2D eigenvalue weighted by molar-refractivity contribution is 0.141. The van der Waals surface area contributed by atoms with Gasteiger partial charge in [-0.05, 0) is 12.1 Å². The molecule has 1 atom stereocenters. The number of rotatable bonds is 4. The summed E-state index contributed by atoms with van der Waals surface area (Å²) in [7, 11) is 2.03. The van der Waals surface area contributed by atoms with Gasteiger partial charge in [0, 0.05) is 51.7 Å². The highest BCUT2D eigenvalue weighted by atomic mass is 16.5. The molecule has 0 aliphatic carbocycles. The summed E-state index contributed by atoms with van der Waals surface area (Å²) in [6.07, 6.45) is 5.45. The first-order chi connectivity index (χ1) is 11.3. The number of nitrogens with zero attached hydrogens (tertiary/aromatic N) is 4. The first-order valence-electron chi connectivity index (χ1n) is 7.73. The molecule has 1 fully saturated rings. The van der Waals surface area contributed by atoms with Crippen molar-refractivity contribution in [2.75, 3.05) is 19.6 Å². The molecule has 3 aromatic heterocycles. The summed E-state index contributed by atoms with van der Waals surface area (Å²) in [5.41, 5.74) is 0.900. The Kier molecular flexibility index (Phi) is 3.72. The highest BCUT2D eigenvalue weighted by Gasteiger charge is 2.27. The maximum absolute atomic E-state index is 5.39. The van der Waals surface area contributed by atoms with Crippen LogP contribution in [0.1, 0.15) is 17.6 Å². The fourth-order valence-corrected chi connectivity index (χ4v) is 3.02. The summed E-state index contributed by atoms with van der Waals surface area (Å²) >= 11 is 0. The molecule has 7 heteroatoms. The van der Waals surface area contributed by atoms with Crippen LogP contribution in [0, 0.1) is 0 Å². The number of hydrogen-bond donors (Lipinski definition) is 1. The molecule has 0 saturated carbocycles. The Bertz CT molecular complexity index is 761. The molecule has 4 heterocycles. The Hall–Kier alpha value is -2.38. The number of aromatic nitrogens is 3. The molecular formula is C16H19N5O2. The third-order valence-electron chi connectivity index (χ3n) is 4.20. The molecule has 1 aliphatic rings. The molecular weight excluding hydrogens is 294 g/mol. The molecule has 0 spiro atoms. The number of piperazine rings is 1. The highest BCUT2D eigenvalue weighted by molar-refractivity contribution is 5.49. The average Bonchev–Trinajstić information content (AvgIpc) is 3.29. The smallest absolute Gasteiger partial charge is 0.202 e. The third kappa shape index (κ3) is 2.80. The van der Waals surface area contributed by atoms with E-state index in [2.05, 4.69) is 24.9 Å². The van der Waals surface area contributed by atoms with E-state index in [4.69, 9.17) is 8.94 Å². The van der Waals surface area contributed by atoms with Gasteiger partial charge >= 0.3 is 0 Å². The standard InChI is InChI=1S/C16H19N5O2/c1-20-6-5-18-16(20)13-10-17-4-7-21(13)11-12-9-15(23-19-12)14-3-2-8-22-14/h2-3,5-6,8-9,13,17H,4,7,10-11H2,1H3. The van der Waals surface area contributed by atoms with Crippen molar-refractivity contribution in [2.24, 2.45) is 7.05 Å². The van der Waals surface area contributed by atoms with Crippen LogP contribution in [0.2, 0.25) is 0 Å². The van der Waals surface area contributed by atoms with Crippen LogP contribution in [-0.4, -0.2) is 39.2 Å². The van der Waals surface area contributed by atoms with Gasteiger partial charge < -0.3 is 18.8 Å². The van der Waals surface area contributed by atoms with Gasteiger partial charge in [-0.2, -0.15) is 0 Å². The van der Waals surface area contributed by atoms with Crippen LogP contribution in [0.4, 0.5) is 0 Å². The zero-order valence-corrected chi connectivity index (χ0v) is 13.0. The van der Waals surface area contributed by atoms with Crippen LogP contribution in [0.3, 0.4) is 0 Å². The molecule has 0 aromatic carbocycles. The summed E-state index contributed by atoms with van der Waals surface area (Å²) in [5.74, 6) is 2.42. The van der Waals surface area contributed by atoms with Crippen LogP contribution >= 0.6 is 0 Å². The Balaban J connectivity index is 1.53. The van der Waals surface area contributed by atoms with Gasteiger partial charge in [-0.1, -0.05) is 5.16 Å². The molecule has 0 bridgehead atoms. The second-order valence-electron chi connectivity index (χ2n) is 5.75. The van der Waals surface area contributed by atoms with E-state index in [0.29, 0.717) is 11.5 Å². The van der Waals surface area contributed by atoms with Crippen molar-refractivity contribution >= 4 is 0 Å². The number of hydrogen-bond acceptors (Lipinski definition) is 6. The van der Waals surface area contributed by atoms with Crippen LogP contribution in [0.5, 0.6) is 0 Å². The van der Waals surface area contributed by atoms with E-state index in [-0.39, 0.29) is 6.04 Å². The fourth-order valence-electron chi connectivity index (χ4n) is 3.02. The lowest BCUT2D eigenvalue weighted by atomic mass is 10.1. The highest BCUT2D eigenvalue weighted by Crippen LogP contribution is 2.25.